The number of amides is 1. The molecular formula is C8H9NO3S. The summed E-state index contributed by atoms with van der Waals surface area (Å²) in [7, 11) is 1.28. The highest BCUT2D eigenvalue weighted by atomic mass is 32.1. The van der Waals surface area contributed by atoms with Gasteiger partial charge >= 0.3 is 5.97 Å². The average molecular weight is 199 g/mol. The van der Waals surface area contributed by atoms with Gasteiger partial charge in [-0.05, 0) is 11.4 Å². The van der Waals surface area contributed by atoms with Crippen LogP contribution >= 0.6 is 11.3 Å². The largest absolute Gasteiger partial charge is 0.468 e. The minimum absolute atomic E-state index is 0.0921. The van der Waals surface area contributed by atoms with Crippen LogP contribution in [0.2, 0.25) is 0 Å². The van der Waals surface area contributed by atoms with Crippen LogP contribution in [0.1, 0.15) is 10.4 Å². The molecule has 0 aliphatic heterocycles. The zero-order chi connectivity index (χ0) is 9.68. The third kappa shape index (κ3) is 2.87. The van der Waals surface area contributed by atoms with Crippen LogP contribution in [0, 0.1) is 0 Å². The molecular weight excluding hydrogens is 190 g/mol. The Kier molecular flexibility index (Phi) is 3.45. The number of ether oxygens (including phenoxy) is 1. The lowest BCUT2D eigenvalue weighted by molar-refractivity contribution is -0.139. The standard InChI is InChI=1S/C8H9NO3S/c1-12-7(10)4-9-8(11)6-2-3-13-5-6/h2-3,5H,4H2,1H3,(H,9,11). The number of methoxy groups -OCH3 is 1. The maximum Gasteiger partial charge on any atom is 0.325 e. The van der Waals surface area contributed by atoms with Crippen molar-refractivity contribution in [3.63, 3.8) is 0 Å². The molecule has 0 atom stereocenters. The topological polar surface area (TPSA) is 55.4 Å². The molecule has 1 rings (SSSR count). The minimum Gasteiger partial charge on any atom is -0.468 e. The quantitative estimate of drug-likeness (QED) is 0.727. The van der Waals surface area contributed by atoms with E-state index in [1.165, 1.54) is 18.4 Å². The monoisotopic (exact) mass is 199 g/mol. The molecule has 0 radical (unpaired) electrons. The molecule has 1 aromatic heterocycles. The molecule has 0 aromatic carbocycles. The summed E-state index contributed by atoms with van der Waals surface area (Å²) in [6.45, 7) is -0.0921. The van der Waals surface area contributed by atoms with Gasteiger partial charge in [-0.3, -0.25) is 9.59 Å². The highest BCUT2D eigenvalue weighted by molar-refractivity contribution is 7.08. The molecule has 0 aliphatic rings. The molecule has 0 saturated carbocycles. The highest BCUT2D eigenvalue weighted by Gasteiger charge is 2.07. The van der Waals surface area contributed by atoms with Crippen molar-refractivity contribution in [1.29, 1.82) is 0 Å². The summed E-state index contributed by atoms with van der Waals surface area (Å²) in [5, 5.41) is 5.94. The fourth-order valence-corrected chi connectivity index (χ4v) is 1.36. The molecule has 0 unspecified atom stereocenters. The lowest BCUT2D eigenvalue weighted by Crippen LogP contribution is -2.29. The second-order valence-corrected chi connectivity index (χ2v) is 3.05. The highest BCUT2D eigenvalue weighted by Crippen LogP contribution is 2.04. The summed E-state index contributed by atoms with van der Waals surface area (Å²) in [6, 6.07) is 1.69. The summed E-state index contributed by atoms with van der Waals surface area (Å²) in [6.07, 6.45) is 0. The molecule has 0 spiro atoms. The van der Waals surface area contributed by atoms with Gasteiger partial charge in [0.15, 0.2) is 0 Å². The minimum atomic E-state index is -0.455. The Bertz CT molecular complexity index is 294. The molecule has 1 N–H and O–H groups in total. The van der Waals surface area contributed by atoms with Crippen LogP contribution in [0.5, 0.6) is 0 Å². The zero-order valence-corrected chi connectivity index (χ0v) is 7.89. The molecule has 0 bridgehead atoms. The van der Waals surface area contributed by atoms with Crippen molar-refractivity contribution in [1.82, 2.24) is 5.32 Å². The first-order valence-electron chi connectivity index (χ1n) is 3.61. The van der Waals surface area contributed by atoms with Gasteiger partial charge in [0.2, 0.25) is 0 Å². The molecule has 5 heteroatoms. The van der Waals surface area contributed by atoms with E-state index in [0.29, 0.717) is 5.56 Å². The van der Waals surface area contributed by atoms with Gasteiger partial charge in [0, 0.05) is 10.9 Å². The second-order valence-electron chi connectivity index (χ2n) is 2.27. The number of carbonyl (C=O) groups is 2. The molecule has 0 saturated heterocycles. The molecule has 1 amide bonds. The number of hydrogen-bond acceptors (Lipinski definition) is 4. The van der Waals surface area contributed by atoms with Crippen molar-refractivity contribution in [2.45, 2.75) is 0 Å². The second kappa shape index (κ2) is 4.61. The predicted octanol–water partition coefficient (Wildman–Crippen LogP) is 0.651. The third-order valence-electron chi connectivity index (χ3n) is 1.40. The van der Waals surface area contributed by atoms with Crippen molar-refractivity contribution >= 4 is 23.2 Å². The van der Waals surface area contributed by atoms with Crippen molar-refractivity contribution in [2.75, 3.05) is 13.7 Å². The number of thiophene rings is 1. The van der Waals surface area contributed by atoms with Gasteiger partial charge in [-0.15, -0.1) is 0 Å². The number of nitrogens with one attached hydrogen (secondary N) is 1. The van der Waals surface area contributed by atoms with E-state index in [1.807, 2.05) is 0 Å². The first-order chi connectivity index (χ1) is 6.24. The summed E-state index contributed by atoms with van der Waals surface area (Å²) >= 11 is 1.43. The summed E-state index contributed by atoms with van der Waals surface area (Å²) in [5.41, 5.74) is 0.564. The Morgan fingerprint density at radius 2 is 2.38 bits per heavy atom. The Balaban J connectivity index is 2.39. The number of esters is 1. The maximum absolute atomic E-state index is 11.2. The zero-order valence-electron chi connectivity index (χ0n) is 7.07. The summed E-state index contributed by atoms with van der Waals surface area (Å²) in [5.74, 6) is -0.713. The smallest absolute Gasteiger partial charge is 0.325 e. The molecule has 1 aromatic rings. The van der Waals surface area contributed by atoms with Gasteiger partial charge in [-0.1, -0.05) is 0 Å². The predicted molar refractivity (Wildman–Crippen MR) is 48.7 cm³/mol. The van der Waals surface area contributed by atoms with Gasteiger partial charge < -0.3 is 10.1 Å². The van der Waals surface area contributed by atoms with Crippen molar-refractivity contribution in [2.24, 2.45) is 0 Å². The van der Waals surface area contributed by atoms with Gasteiger partial charge in [-0.2, -0.15) is 11.3 Å². The van der Waals surface area contributed by atoms with E-state index in [9.17, 15) is 9.59 Å². The van der Waals surface area contributed by atoms with Crippen molar-refractivity contribution in [3.8, 4) is 0 Å². The van der Waals surface area contributed by atoms with Crippen LogP contribution < -0.4 is 5.32 Å². The van der Waals surface area contributed by atoms with Crippen LogP contribution in [-0.4, -0.2) is 25.5 Å². The van der Waals surface area contributed by atoms with E-state index in [1.54, 1.807) is 16.8 Å². The van der Waals surface area contributed by atoms with Gasteiger partial charge in [-0.25, -0.2) is 0 Å². The normalized spacial score (nSPS) is 9.31. The molecule has 1 heterocycles. The summed E-state index contributed by atoms with van der Waals surface area (Å²) in [4.78, 5) is 21.9. The first kappa shape index (κ1) is 9.73. The van der Waals surface area contributed by atoms with Crippen LogP contribution in [0.15, 0.2) is 16.8 Å². The van der Waals surface area contributed by atoms with Crippen molar-refractivity contribution < 1.29 is 14.3 Å². The van der Waals surface area contributed by atoms with Gasteiger partial charge in [0.1, 0.15) is 6.54 Å². The van der Waals surface area contributed by atoms with Crippen LogP contribution in [0.4, 0.5) is 0 Å². The Morgan fingerprint density at radius 1 is 1.62 bits per heavy atom. The Hall–Kier alpha value is -1.36. The van der Waals surface area contributed by atoms with Crippen molar-refractivity contribution in [3.05, 3.63) is 22.4 Å². The number of rotatable bonds is 3. The molecule has 0 fully saturated rings. The van der Waals surface area contributed by atoms with Gasteiger partial charge in [0.25, 0.3) is 5.91 Å². The van der Waals surface area contributed by atoms with E-state index < -0.39 is 5.97 Å². The number of hydrogen-bond donors (Lipinski definition) is 1. The number of carbonyl (C=O) groups excluding carboxylic acids is 2. The molecule has 13 heavy (non-hydrogen) atoms. The fourth-order valence-electron chi connectivity index (χ4n) is 0.720. The molecule has 4 nitrogen and oxygen atoms in total. The fraction of sp³-hybridized carbons (Fsp3) is 0.250. The Labute approximate surface area is 79.5 Å². The average Bonchev–Trinajstić information content (AvgIpc) is 2.66. The summed E-state index contributed by atoms with van der Waals surface area (Å²) < 4.78 is 4.37. The Morgan fingerprint density at radius 3 is 2.92 bits per heavy atom. The van der Waals surface area contributed by atoms with Crippen LogP contribution in [-0.2, 0) is 9.53 Å². The van der Waals surface area contributed by atoms with E-state index in [4.69, 9.17) is 0 Å². The lowest BCUT2D eigenvalue weighted by Gasteiger charge is -2.00. The maximum atomic E-state index is 11.2. The first-order valence-corrected chi connectivity index (χ1v) is 4.55. The van der Waals surface area contributed by atoms with E-state index >= 15 is 0 Å². The van der Waals surface area contributed by atoms with E-state index in [0.717, 1.165) is 0 Å². The lowest BCUT2D eigenvalue weighted by atomic mass is 10.3. The SMILES string of the molecule is COC(=O)CNC(=O)c1ccsc1. The van der Waals surface area contributed by atoms with Crippen LogP contribution in [0.25, 0.3) is 0 Å². The third-order valence-corrected chi connectivity index (χ3v) is 2.09. The molecule has 0 aliphatic carbocycles. The van der Waals surface area contributed by atoms with E-state index in [-0.39, 0.29) is 12.5 Å². The van der Waals surface area contributed by atoms with Crippen LogP contribution in [0.3, 0.4) is 0 Å². The van der Waals surface area contributed by atoms with Gasteiger partial charge in [0.05, 0.1) is 7.11 Å². The van der Waals surface area contributed by atoms with E-state index in [2.05, 4.69) is 10.1 Å². The molecule has 70 valence electrons.